The van der Waals surface area contributed by atoms with Crippen LogP contribution in [0.15, 0.2) is 24.3 Å². The number of nitrogens with zero attached hydrogens (tertiary/aromatic N) is 1. The SMILES string of the molecule is O=C(CN(CCO)CCCO)Nc1cccc(C(F)(F)F)c1. The van der Waals surface area contributed by atoms with Gasteiger partial charge in [-0.3, -0.25) is 9.69 Å². The molecule has 1 amide bonds. The van der Waals surface area contributed by atoms with Crippen LogP contribution in [0.25, 0.3) is 0 Å². The number of halogens is 3. The van der Waals surface area contributed by atoms with Gasteiger partial charge in [-0.25, -0.2) is 0 Å². The molecule has 1 rings (SSSR count). The molecule has 0 unspecified atom stereocenters. The number of benzene rings is 1. The summed E-state index contributed by atoms with van der Waals surface area (Å²) >= 11 is 0. The lowest BCUT2D eigenvalue weighted by molar-refractivity contribution is -0.137. The molecule has 22 heavy (non-hydrogen) atoms. The predicted octanol–water partition coefficient (Wildman–Crippen LogP) is 1.32. The van der Waals surface area contributed by atoms with Crippen LogP contribution in [0.5, 0.6) is 0 Å². The van der Waals surface area contributed by atoms with Crippen molar-refractivity contribution in [1.82, 2.24) is 4.90 Å². The van der Waals surface area contributed by atoms with E-state index in [1.165, 1.54) is 12.1 Å². The lowest BCUT2D eigenvalue weighted by Crippen LogP contribution is -2.36. The van der Waals surface area contributed by atoms with Gasteiger partial charge in [0.15, 0.2) is 0 Å². The van der Waals surface area contributed by atoms with Gasteiger partial charge in [-0.15, -0.1) is 0 Å². The van der Waals surface area contributed by atoms with Gasteiger partial charge < -0.3 is 15.5 Å². The second-order valence-corrected chi connectivity index (χ2v) is 4.70. The van der Waals surface area contributed by atoms with Crippen molar-refractivity contribution in [2.45, 2.75) is 12.6 Å². The fourth-order valence-electron chi connectivity index (χ4n) is 1.88. The van der Waals surface area contributed by atoms with E-state index < -0.39 is 17.6 Å². The number of hydrogen-bond donors (Lipinski definition) is 3. The van der Waals surface area contributed by atoms with Gasteiger partial charge in [0, 0.05) is 25.4 Å². The number of carbonyl (C=O) groups is 1. The number of nitrogens with one attached hydrogen (secondary N) is 1. The van der Waals surface area contributed by atoms with Crippen LogP contribution in [0.4, 0.5) is 18.9 Å². The highest BCUT2D eigenvalue weighted by Gasteiger charge is 2.30. The van der Waals surface area contributed by atoms with Crippen molar-refractivity contribution >= 4 is 11.6 Å². The Bertz CT molecular complexity index is 481. The lowest BCUT2D eigenvalue weighted by Gasteiger charge is -2.20. The van der Waals surface area contributed by atoms with Gasteiger partial charge >= 0.3 is 6.18 Å². The Kier molecular flexibility index (Phi) is 7.30. The monoisotopic (exact) mass is 320 g/mol. The molecule has 5 nitrogen and oxygen atoms in total. The summed E-state index contributed by atoms with van der Waals surface area (Å²) in [6.45, 7) is 0.388. The minimum atomic E-state index is -4.47. The van der Waals surface area contributed by atoms with E-state index in [0.717, 1.165) is 12.1 Å². The minimum Gasteiger partial charge on any atom is -0.396 e. The first-order valence-corrected chi connectivity index (χ1v) is 6.78. The van der Waals surface area contributed by atoms with Crippen LogP contribution >= 0.6 is 0 Å². The second-order valence-electron chi connectivity index (χ2n) is 4.70. The highest BCUT2D eigenvalue weighted by Crippen LogP contribution is 2.30. The maximum absolute atomic E-state index is 12.6. The number of alkyl halides is 3. The summed E-state index contributed by atoms with van der Waals surface area (Å²) in [5.74, 6) is -0.481. The van der Waals surface area contributed by atoms with E-state index in [0.29, 0.717) is 13.0 Å². The largest absolute Gasteiger partial charge is 0.416 e. The van der Waals surface area contributed by atoms with Crippen molar-refractivity contribution in [3.8, 4) is 0 Å². The summed E-state index contributed by atoms with van der Waals surface area (Å²) in [6.07, 6.45) is -4.03. The Balaban J connectivity index is 2.63. The number of aliphatic hydroxyl groups excluding tert-OH is 2. The van der Waals surface area contributed by atoms with Gasteiger partial charge in [-0.1, -0.05) is 6.07 Å². The minimum absolute atomic E-state index is 0.0445. The number of aliphatic hydroxyl groups is 2. The molecule has 0 fully saturated rings. The highest BCUT2D eigenvalue weighted by molar-refractivity contribution is 5.92. The van der Waals surface area contributed by atoms with E-state index in [2.05, 4.69) is 5.32 Å². The molecule has 0 heterocycles. The molecule has 0 spiro atoms. The summed E-state index contributed by atoms with van der Waals surface area (Å²) in [4.78, 5) is 13.5. The van der Waals surface area contributed by atoms with E-state index in [1.54, 1.807) is 4.90 Å². The molecule has 0 saturated carbocycles. The van der Waals surface area contributed by atoms with E-state index in [4.69, 9.17) is 10.2 Å². The first-order chi connectivity index (χ1) is 10.4. The van der Waals surface area contributed by atoms with Crippen LogP contribution in [-0.2, 0) is 11.0 Å². The molecule has 8 heteroatoms. The Hall–Kier alpha value is -1.64. The van der Waals surface area contributed by atoms with Crippen molar-refractivity contribution in [2.24, 2.45) is 0 Å². The van der Waals surface area contributed by atoms with Crippen LogP contribution in [0.1, 0.15) is 12.0 Å². The predicted molar refractivity (Wildman–Crippen MR) is 75.3 cm³/mol. The second kappa shape index (κ2) is 8.72. The van der Waals surface area contributed by atoms with Crippen molar-refractivity contribution in [1.29, 1.82) is 0 Å². The number of rotatable bonds is 8. The number of carbonyl (C=O) groups excluding carboxylic acids is 1. The summed E-state index contributed by atoms with van der Waals surface area (Å²) < 4.78 is 37.7. The van der Waals surface area contributed by atoms with Crippen molar-refractivity contribution in [3.63, 3.8) is 0 Å². The fraction of sp³-hybridized carbons (Fsp3) is 0.500. The third-order valence-electron chi connectivity index (χ3n) is 2.89. The van der Waals surface area contributed by atoms with Gasteiger partial charge in [-0.2, -0.15) is 13.2 Å². The molecule has 1 aromatic rings. The quantitative estimate of drug-likeness (QED) is 0.675. The number of amides is 1. The maximum Gasteiger partial charge on any atom is 0.416 e. The maximum atomic E-state index is 12.6. The Morgan fingerprint density at radius 2 is 1.91 bits per heavy atom. The first kappa shape index (κ1) is 18.4. The lowest BCUT2D eigenvalue weighted by atomic mass is 10.2. The molecule has 0 aromatic heterocycles. The Labute approximate surface area is 126 Å². The Morgan fingerprint density at radius 3 is 2.50 bits per heavy atom. The van der Waals surface area contributed by atoms with Gasteiger partial charge in [0.05, 0.1) is 18.7 Å². The molecular weight excluding hydrogens is 301 g/mol. The van der Waals surface area contributed by atoms with Gasteiger partial charge in [-0.05, 0) is 24.6 Å². The standard InChI is InChI=1S/C14H19F3N2O3/c15-14(16,17)11-3-1-4-12(9-11)18-13(22)10-19(6-8-21)5-2-7-20/h1,3-4,9,20-21H,2,5-8,10H2,(H,18,22). The molecule has 1 aromatic carbocycles. The zero-order chi connectivity index (χ0) is 16.6. The normalized spacial score (nSPS) is 11.7. The number of anilines is 1. The van der Waals surface area contributed by atoms with Crippen molar-refractivity contribution in [2.75, 3.05) is 38.2 Å². The summed E-state index contributed by atoms with van der Waals surface area (Å²) in [6, 6.07) is 4.38. The molecule has 0 atom stereocenters. The van der Waals surface area contributed by atoms with Gasteiger partial charge in [0.2, 0.25) is 5.91 Å². The van der Waals surface area contributed by atoms with E-state index >= 15 is 0 Å². The molecule has 0 radical (unpaired) electrons. The van der Waals surface area contributed by atoms with Gasteiger partial charge in [0.1, 0.15) is 0 Å². The van der Waals surface area contributed by atoms with Crippen molar-refractivity contribution < 1.29 is 28.2 Å². The Morgan fingerprint density at radius 1 is 1.18 bits per heavy atom. The summed E-state index contributed by atoms with van der Waals surface area (Å²) in [7, 11) is 0. The molecule has 124 valence electrons. The summed E-state index contributed by atoms with van der Waals surface area (Å²) in [5.41, 5.74) is -0.774. The summed E-state index contributed by atoms with van der Waals surface area (Å²) in [5, 5.41) is 20.1. The number of hydrogen-bond acceptors (Lipinski definition) is 4. The van der Waals surface area contributed by atoms with Crippen LogP contribution in [0.2, 0.25) is 0 Å². The highest BCUT2D eigenvalue weighted by atomic mass is 19.4. The van der Waals surface area contributed by atoms with Crippen LogP contribution in [-0.4, -0.2) is 53.9 Å². The molecule has 0 bridgehead atoms. The van der Waals surface area contributed by atoms with Crippen LogP contribution in [0.3, 0.4) is 0 Å². The zero-order valence-corrected chi connectivity index (χ0v) is 11.9. The molecule has 0 aliphatic heterocycles. The fourth-order valence-corrected chi connectivity index (χ4v) is 1.88. The van der Waals surface area contributed by atoms with E-state index in [-0.39, 0.29) is 32.0 Å². The van der Waals surface area contributed by atoms with Gasteiger partial charge in [0.25, 0.3) is 0 Å². The third-order valence-corrected chi connectivity index (χ3v) is 2.89. The van der Waals surface area contributed by atoms with E-state index in [9.17, 15) is 18.0 Å². The molecule has 3 N–H and O–H groups in total. The molecular formula is C14H19F3N2O3. The molecule has 0 saturated heterocycles. The average Bonchev–Trinajstić information content (AvgIpc) is 2.44. The van der Waals surface area contributed by atoms with E-state index in [1.807, 2.05) is 0 Å². The first-order valence-electron chi connectivity index (χ1n) is 6.78. The third kappa shape index (κ3) is 6.42. The van der Waals surface area contributed by atoms with Crippen LogP contribution < -0.4 is 5.32 Å². The van der Waals surface area contributed by atoms with Crippen molar-refractivity contribution in [3.05, 3.63) is 29.8 Å². The smallest absolute Gasteiger partial charge is 0.396 e. The molecule has 0 aliphatic rings. The molecule has 0 aliphatic carbocycles. The zero-order valence-electron chi connectivity index (χ0n) is 11.9. The average molecular weight is 320 g/mol. The topological polar surface area (TPSA) is 72.8 Å². The van der Waals surface area contributed by atoms with Crippen LogP contribution in [0, 0.1) is 0 Å².